The van der Waals surface area contributed by atoms with Gasteiger partial charge in [-0.3, -0.25) is 4.90 Å². The predicted octanol–water partition coefficient (Wildman–Crippen LogP) is 2.64. The van der Waals surface area contributed by atoms with Gasteiger partial charge in [0.15, 0.2) is 0 Å². The second kappa shape index (κ2) is 2.78. The number of hydrogen-bond acceptors (Lipinski definition) is 1. The van der Waals surface area contributed by atoms with Crippen LogP contribution < -0.4 is 0 Å². The average molecular weight is 199 g/mol. The summed E-state index contributed by atoms with van der Waals surface area (Å²) in [6.07, 6.45) is 4.62. The molecular formula is C11H15F2N. The van der Waals surface area contributed by atoms with Gasteiger partial charge in [-0.25, -0.2) is 0 Å². The van der Waals surface area contributed by atoms with Crippen molar-refractivity contribution in [2.45, 2.75) is 31.7 Å². The Morgan fingerprint density at radius 1 is 1.36 bits per heavy atom. The molecule has 2 unspecified atom stereocenters. The number of hydrogen-bond donors (Lipinski definition) is 0. The van der Waals surface area contributed by atoms with Gasteiger partial charge in [-0.2, -0.15) is 8.78 Å². The lowest BCUT2D eigenvalue weighted by Crippen LogP contribution is -2.23. The summed E-state index contributed by atoms with van der Waals surface area (Å²) in [5.41, 5.74) is 0.633. The normalized spacial score (nSPS) is 38.7. The van der Waals surface area contributed by atoms with E-state index in [0.29, 0.717) is 11.5 Å². The topological polar surface area (TPSA) is 3.24 Å². The minimum atomic E-state index is -1.50. The maximum atomic E-state index is 12.1. The summed E-state index contributed by atoms with van der Waals surface area (Å²) in [6, 6.07) is 0.609. The molecule has 0 aromatic carbocycles. The monoisotopic (exact) mass is 199 g/mol. The molecule has 0 bridgehead atoms. The third-order valence-electron chi connectivity index (χ3n) is 4.09. The smallest absolute Gasteiger partial charge is 0.266 e. The molecule has 0 aromatic heterocycles. The van der Waals surface area contributed by atoms with Crippen LogP contribution in [0.5, 0.6) is 0 Å². The molecule has 1 spiro atoms. The molecule has 1 nitrogen and oxygen atoms in total. The van der Waals surface area contributed by atoms with E-state index in [4.69, 9.17) is 0 Å². The summed E-state index contributed by atoms with van der Waals surface area (Å²) in [7, 11) is 0. The molecule has 3 fully saturated rings. The zero-order valence-electron chi connectivity index (χ0n) is 8.18. The first kappa shape index (κ1) is 8.84. The fourth-order valence-electron chi connectivity index (χ4n) is 3.26. The van der Waals surface area contributed by atoms with Crippen molar-refractivity contribution in [3.8, 4) is 0 Å². The Morgan fingerprint density at radius 2 is 2.14 bits per heavy atom. The Morgan fingerprint density at radius 3 is 2.71 bits per heavy atom. The number of rotatable bonds is 1. The van der Waals surface area contributed by atoms with Crippen LogP contribution in [-0.4, -0.2) is 24.0 Å². The quantitative estimate of drug-likeness (QED) is 0.627. The molecule has 78 valence electrons. The van der Waals surface area contributed by atoms with Gasteiger partial charge >= 0.3 is 0 Å². The van der Waals surface area contributed by atoms with E-state index in [9.17, 15) is 8.78 Å². The maximum absolute atomic E-state index is 12.1. The molecule has 0 amide bonds. The van der Waals surface area contributed by atoms with Gasteiger partial charge in [0, 0.05) is 19.1 Å². The first-order chi connectivity index (χ1) is 6.67. The SMILES string of the molecule is FC(F)=CC1CC2CC3(CC3)CN2C1. The summed E-state index contributed by atoms with van der Waals surface area (Å²) in [6.45, 7) is 2.04. The predicted molar refractivity (Wildman–Crippen MR) is 50.1 cm³/mol. The molecule has 3 rings (SSSR count). The van der Waals surface area contributed by atoms with Gasteiger partial charge in [-0.05, 0) is 43.1 Å². The van der Waals surface area contributed by atoms with Crippen molar-refractivity contribution in [2.24, 2.45) is 11.3 Å². The van der Waals surface area contributed by atoms with Crippen LogP contribution in [0.15, 0.2) is 12.2 Å². The largest absolute Gasteiger partial charge is 0.299 e. The molecule has 0 aromatic rings. The summed E-state index contributed by atoms with van der Waals surface area (Å²) in [5, 5.41) is 0. The van der Waals surface area contributed by atoms with Crippen molar-refractivity contribution in [3.05, 3.63) is 12.2 Å². The lowest BCUT2D eigenvalue weighted by Gasteiger charge is -2.13. The van der Waals surface area contributed by atoms with Gasteiger partial charge in [0.2, 0.25) is 0 Å². The molecule has 2 saturated heterocycles. The van der Waals surface area contributed by atoms with Crippen molar-refractivity contribution < 1.29 is 8.78 Å². The third-order valence-corrected chi connectivity index (χ3v) is 4.09. The van der Waals surface area contributed by atoms with Crippen LogP contribution in [0.2, 0.25) is 0 Å². The van der Waals surface area contributed by atoms with Crippen molar-refractivity contribution in [1.29, 1.82) is 0 Å². The van der Waals surface area contributed by atoms with Gasteiger partial charge in [0.05, 0.1) is 0 Å². The Kier molecular flexibility index (Phi) is 1.76. The van der Waals surface area contributed by atoms with E-state index < -0.39 is 6.08 Å². The maximum Gasteiger partial charge on any atom is 0.266 e. The van der Waals surface area contributed by atoms with E-state index in [2.05, 4.69) is 4.90 Å². The van der Waals surface area contributed by atoms with Crippen molar-refractivity contribution in [3.63, 3.8) is 0 Å². The highest BCUT2D eigenvalue weighted by Crippen LogP contribution is 2.57. The summed E-state index contributed by atoms with van der Waals surface area (Å²) in [4.78, 5) is 2.43. The van der Waals surface area contributed by atoms with Crippen molar-refractivity contribution in [1.82, 2.24) is 4.90 Å². The second-order valence-electron chi connectivity index (χ2n) is 5.24. The Bertz CT molecular complexity index is 263. The molecule has 1 aliphatic carbocycles. The Balaban J connectivity index is 1.65. The van der Waals surface area contributed by atoms with E-state index in [1.807, 2.05) is 0 Å². The van der Waals surface area contributed by atoms with Crippen LogP contribution in [0.3, 0.4) is 0 Å². The highest BCUT2D eigenvalue weighted by molar-refractivity contribution is 5.09. The van der Waals surface area contributed by atoms with E-state index >= 15 is 0 Å². The molecular weight excluding hydrogens is 184 g/mol. The van der Waals surface area contributed by atoms with Gasteiger partial charge in [-0.15, -0.1) is 0 Å². The summed E-state index contributed by atoms with van der Waals surface area (Å²) >= 11 is 0. The fraction of sp³-hybridized carbons (Fsp3) is 0.818. The van der Waals surface area contributed by atoms with Crippen molar-refractivity contribution >= 4 is 0 Å². The molecule has 14 heavy (non-hydrogen) atoms. The molecule has 2 atom stereocenters. The van der Waals surface area contributed by atoms with Gasteiger partial charge in [-0.1, -0.05) is 0 Å². The standard InChI is InChI=1S/C11H15F2N/c12-10(13)4-8-3-9-5-11(1-2-11)7-14(9)6-8/h4,8-9H,1-3,5-7H2. The molecule has 0 radical (unpaired) electrons. The van der Waals surface area contributed by atoms with E-state index in [0.717, 1.165) is 19.0 Å². The average Bonchev–Trinajstić information content (AvgIpc) is 2.57. The third kappa shape index (κ3) is 1.38. The number of halogens is 2. The van der Waals surface area contributed by atoms with Crippen LogP contribution in [0.1, 0.15) is 25.7 Å². The lowest BCUT2D eigenvalue weighted by molar-refractivity contribution is 0.309. The second-order valence-corrected chi connectivity index (χ2v) is 5.24. The lowest BCUT2D eigenvalue weighted by atomic mass is 9.97. The summed E-state index contributed by atoms with van der Waals surface area (Å²) < 4.78 is 24.1. The molecule has 3 heteroatoms. The van der Waals surface area contributed by atoms with Crippen molar-refractivity contribution in [2.75, 3.05) is 13.1 Å². The van der Waals surface area contributed by atoms with E-state index in [1.165, 1.54) is 25.8 Å². The minimum Gasteiger partial charge on any atom is -0.299 e. The highest BCUT2D eigenvalue weighted by Gasteiger charge is 2.53. The van der Waals surface area contributed by atoms with Gasteiger partial charge in [0.25, 0.3) is 6.08 Å². The highest BCUT2D eigenvalue weighted by atomic mass is 19.3. The summed E-state index contributed by atoms with van der Waals surface area (Å²) in [5.74, 6) is 0.112. The van der Waals surface area contributed by atoms with Crippen LogP contribution in [0.4, 0.5) is 8.78 Å². The fourth-order valence-corrected chi connectivity index (χ4v) is 3.26. The molecule has 1 saturated carbocycles. The van der Waals surface area contributed by atoms with E-state index in [1.54, 1.807) is 0 Å². The molecule has 0 N–H and O–H groups in total. The number of fused-ring (bicyclic) bond motifs is 1. The first-order valence-corrected chi connectivity index (χ1v) is 5.44. The van der Waals surface area contributed by atoms with Gasteiger partial charge < -0.3 is 0 Å². The van der Waals surface area contributed by atoms with Crippen LogP contribution in [-0.2, 0) is 0 Å². The van der Waals surface area contributed by atoms with Gasteiger partial charge in [0.1, 0.15) is 0 Å². The van der Waals surface area contributed by atoms with E-state index in [-0.39, 0.29) is 5.92 Å². The zero-order valence-corrected chi connectivity index (χ0v) is 8.18. The molecule has 2 aliphatic heterocycles. The molecule has 2 heterocycles. The van der Waals surface area contributed by atoms with Crippen LogP contribution >= 0.6 is 0 Å². The minimum absolute atomic E-state index is 0.112. The molecule has 3 aliphatic rings. The zero-order chi connectivity index (χ0) is 9.76. The Hall–Kier alpha value is -0.440. The van der Waals surface area contributed by atoms with Crippen LogP contribution in [0, 0.1) is 11.3 Å². The number of nitrogens with zero attached hydrogens (tertiary/aromatic N) is 1. The Labute approximate surface area is 82.8 Å². The van der Waals surface area contributed by atoms with Crippen LogP contribution in [0.25, 0.3) is 0 Å². The first-order valence-electron chi connectivity index (χ1n) is 5.44.